The number of nitrogens with two attached hydrogens (primary N) is 1. The minimum Gasteiger partial charge on any atom is -0.420 e. The number of rotatable bonds is 5. The van der Waals surface area contributed by atoms with Crippen LogP contribution in [0.1, 0.15) is 33.6 Å². The van der Waals surface area contributed by atoms with Crippen LogP contribution in [-0.2, 0) is 4.79 Å². The van der Waals surface area contributed by atoms with Crippen molar-refractivity contribution in [2.24, 2.45) is 0 Å². The fraction of sp³-hybridized carbons (Fsp3) is 0.190. The van der Waals surface area contributed by atoms with Crippen LogP contribution in [0, 0.1) is 0 Å². The van der Waals surface area contributed by atoms with Gasteiger partial charge >= 0.3 is 6.36 Å². The van der Waals surface area contributed by atoms with Crippen LogP contribution in [0.2, 0.25) is 0 Å². The number of nitrogens with zero attached hydrogens (tertiary/aromatic N) is 1. The normalized spacial score (nSPS) is 18.3. The number of amides is 3. The van der Waals surface area contributed by atoms with Crippen LogP contribution >= 0.6 is 12.0 Å². The highest BCUT2D eigenvalue weighted by atomic mass is 32.2. The Morgan fingerprint density at radius 1 is 1.06 bits per heavy atom. The zero-order valence-corrected chi connectivity index (χ0v) is 17.6. The van der Waals surface area contributed by atoms with E-state index in [-0.39, 0.29) is 33.9 Å². The van der Waals surface area contributed by atoms with Crippen LogP contribution in [-0.4, -0.2) is 35.0 Å². The summed E-state index contributed by atoms with van der Waals surface area (Å²) in [6.45, 7) is 3.67. The summed E-state index contributed by atoms with van der Waals surface area (Å²) in [7, 11) is 0. The molecule has 3 amide bonds. The van der Waals surface area contributed by atoms with Crippen LogP contribution in [0.15, 0.2) is 53.6 Å². The Bertz CT molecular complexity index is 1180. The lowest BCUT2D eigenvalue weighted by Crippen LogP contribution is -2.51. The summed E-state index contributed by atoms with van der Waals surface area (Å²) in [5, 5.41) is 2.52. The zero-order valence-electron chi connectivity index (χ0n) is 16.8. The summed E-state index contributed by atoms with van der Waals surface area (Å²) in [5.74, 6) is -2.67. The Balaban J connectivity index is 1.63. The molecule has 33 heavy (non-hydrogen) atoms. The van der Waals surface area contributed by atoms with Gasteiger partial charge < -0.3 is 20.0 Å². The molecule has 172 valence electrons. The molecule has 8 nitrogen and oxygen atoms in total. The van der Waals surface area contributed by atoms with Gasteiger partial charge in [0, 0.05) is 11.4 Å². The van der Waals surface area contributed by atoms with E-state index >= 15 is 0 Å². The fourth-order valence-electron chi connectivity index (χ4n) is 3.55. The van der Waals surface area contributed by atoms with E-state index in [0.29, 0.717) is 24.2 Å². The molecule has 2 aromatic carbocycles. The van der Waals surface area contributed by atoms with Crippen molar-refractivity contribution in [3.05, 3.63) is 59.8 Å². The Hall–Kier alpha value is -3.67. The molecule has 1 unspecified atom stereocenters. The first kappa shape index (κ1) is 22.5. The molecule has 2 aliphatic heterocycles. The number of alkyl halides is 3. The number of allylic oxidation sites excluding steroid dienone is 1. The number of anilines is 1. The molecule has 0 saturated carbocycles. The van der Waals surface area contributed by atoms with Gasteiger partial charge in [-0.05, 0) is 37.1 Å². The third-order valence-electron chi connectivity index (χ3n) is 4.99. The first-order valence-corrected chi connectivity index (χ1v) is 10.3. The fourth-order valence-corrected chi connectivity index (χ4v) is 4.20. The molecular weight excluding hydrogens is 463 g/mol. The Labute approximate surface area is 189 Å². The predicted molar refractivity (Wildman–Crippen MR) is 111 cm³/mol. The van der Waals surface area contributed by atoms with Crippen LogP contribution < -0.4 is 20.0 Å². The van der Waals surface area contributed by atoms with E-state index in [1.54, 1.807) is 0 Å². The van der Waals surface area contributed by atoms with Gasteiger partial charge in [-0.25, -0.2) is 0 Å². The Morgan fingerprint density at radius 2 is 1.76 bits per heavy atom. The number of benzene rings is 2. The molecule has 12 heteroatoms. The van der Waals surface area contributed by atoms with Crippen LogP contribution in [0.4, 0.5) is 18.9 Å². The number of carbonyl (C=O) groups is 3. The van der Waals surface area contributed by atoms with E-state index in [1.807, 2.05) is 0 Å². The first-order chi connectivity index (χ1) is 15.6. The lowest BCUT2D eigenvalue weighted by atomic mass is 10.0. The minimum atomic E-state index is -4.91. The SMILES string of the molecule is C=C1CCC(N2C(=O)c3c(N)ccc(OSc4ccccc4OC(F)(F)F)c3C2=O)C(=O)N1. The molecule has 1 saturated heterocycles. The third kappa shape index (κ3) is 4.33. The molecule has 0 aliphatic carbocycles. The number of halogens is 3. The number of hydrogen-bond acceptors (Lipinski definition) is 7. The molecule has 2 aromatic rings. The van der Waals surface area contributed by atoms with Gasteiger partial charge in [0.2, 0.25) is 5.91 Å². The second kappa shape index (κ2) is 8.35. The van der Waals surface area contributed by atoms with Crippen molar-refractivity contribution >= 4 is 35.5 Å². The second-order valence-electron chi connectivity index (χ2n) is 7.19. The lowest BCUT2D eigenvalue weighted by Gasteiger charge is -2.29. The number of carbonyl (C=O) groups excluding carboxylic acids is 3. The summed E-state index contributed by atoms with van der Waals surface area (Å²) < 4.78 is 47.5. The number of para-hydroxylation sites is 1. The highest BCUT2D eigenvalue weighted by molar-refractivity contribution is 7.95. The smallest absolute Gasteiger partial charge is 0.420 e. The third-order valence-corrected chi connectivity index (χ3v) is 5.77. The monoisotopic (exact) mass is 479 g/mol. The molecule has 1 atom stereocenters. The van der Waals surface area contributed by atoms with E-state index < -0.39 is 35.9 Å². The van der Waals surface area contributed by atoms with Gasteiger partial charge in [-0.3, -0.25) is 19.3 Å². The molecule has 1 fully saturated rings. The van der Waals surface area contributed by atoms with E-state index in [9.17, 15) is 27.6 Å². The Kier molecular flexibility index (Phi) is 5.70. The van der Waals surface area contributed by atoms with Crippen LogP contribution in [0.3, 0.4) is 0 Å². The van der Waals surface area contributed by atoms with Crippen molar-refractivity contribution in [2.45, 2.75) is 30.1 Å². The van der Waals surface area contributed by atoms with E-state index in [1.165, 1.54) is 30.3 Å². The standard InChI is InChI=1S/C21H16F3N3O5S/c1-10-6-8-12(18(28)26-10)27-19(29)16-11(25)7-9-14(17(16)20(27)30)32-33-15-5-3-2-4-13(15)31-21(22,23)24/h2-5,7,9,12H,1,6,8,25H2,(H,26,28). The largest absolute Gasteiger partial charge is 0.573 e. The number of nitrogen functional groups attached to an aromatic ring is 1. The van der Waals surface area contributed by atoms with Gasteiger partial charge in [-0.15, -0.1) is 13.2 Å². The second-order valence-corrected chi connectivity index (χ2v) is 7.96. The highest BCUT2D eigenvalue weighted by Crippen LogP contribution is 2.40. The van der Waals surface area contributed by atoms with Gasteiger partial charge in [-0.2, -0.15) is 0 Å². The van der Waals surface area contributed by atoms with Crippen molar-refractivity contribution in [2.75, 3.05) is 5.73 Å². The van der Waals surface area contributed by atoms with Gasteiger partial charge in [-0.1, -0.05) is 18.7 Å². The summed E-state index contributed by atoms with van der Waals surface area (Å²) in [4.78, 5) is 39.3. The van der Waals surface area contributed by atoms with Crippen molar-refractivity contribution in [1.82, 2.24) is 10.2 Å². The summed E-state index contributed by atoms with van der Waals surface area (Å²) in [6, 6.07) is 6.89. The van der Waals surface area contributed by atoms with Crippen LogP contribution in [0.5, 0.6) is 11.5 Å². The maximum absolute atomic E-state index is 13.2. The topological polar surface area (TPSA) is 111 Å². The number of hydrogen-bond donors (Lipinski definition) is 2. The number of fused-ring (bicyclic) bond motifs is 1. The maximum atomic E-state index is 13.2. The lowest BCUT2D eigenvalue weighted by molar-refractivity contribution is -0.275. The van der Waals surface area contributed by atoms with Crippen molar-refractivity contribution in [3.63, 3.8) is 0 Å². The molecular formula is C21H16F3N3O5S. The van der Waals surface area contributed by atoms with Gasteiger partial charge in [0.05, 0.1) is 28.1 Å². The molecule has 2 heterocycles. The van der Waals surface area contributed by atoms with Crippen molar-refractivity contribution < 1.29 is 36.5 Å². The number of ether oxygens (including phenoxy) is 1. The number of piperidine rings is 1. The van der Waals surface area contributed by atoms with Crippen molar-refractivity contribution in [3.8, 4) is 11.5 Å². The first-order valence-electron chi connectivity index (χ1n) is 9.55. The maximum Gasteiger partial charge on any atom is 0.573 e. The van der Waals surface area contributed by atoms with E-state index in [4.69, 9.17) is 9.92 Å². The Morgan fingerprint density at radius 3 is 2.45 bits per heavy atom. The summed E-state index contributed by atoms with van der Waals surface area (Å²) >= 11 is 0.515. The average molecular weight is 479 g/mol. The number of imide groups is 1. The molecule has 0 aromatic heterocycles. The average Bonchev–Trinajstić information content (AvgIpc) is 2.99. The molecule has 0 bridgehead atoms. The molecule has 4 rings (SSSR count). The molecule has 2 aliphatic rings. The van der Waals surface area contributed by atoms with Crippen LogP contribution in [0.25, 0.3) is 0 Å². The van der Waals surface area contributed by atoms with Crippen molar-refractivity contribution in [1.29, 1.82) is 0 Å². The quantitative estimate of drug-likeness (QED) is 0.383. The molecule has 0 radical (unpaired) electrons. The van der Waals surface area contributed by atoms with E-state index in [0.717, 1.165) is 11.0 Å². The number of nitrogens with one attached hydrogen (secondary N) is 1. The summed E-state index contributed by atoms with van der Waals surface area (Å²) in [6.07, 6.45) is -4.33. The highest BCUT2D eigenvalue weighted by Gasteiger charge is 2.46. The molecule has 0 spiro atoms. The molecule has 3 N–H and O–H groups in total. The zero-order chi connectivity index (χ0) is 23.9. The van der Waals surface area contributed by atoms with E-state index in [2.05, 4.69) is 16.6 Å². The van der Waals surface area contributed by atoms with Gasteiger partial charge in [0.15, 0.2) is 5.75 Å². The van der Waals surface area contributed by atoms with Gasteiger partial charge in [0.1, 0.15) is 11.8 Å². The summed E-state index contributed by atoms with van der Waals surface area (Å²) in [5.41, 5.74) is 6.11. The van der Waals surface area contributed by atoms with Gasteiger partial charge in [0.25, 0.3) is 11.8 Å². The minimum absolute atomic E-state index is 0.00429. The predicted octanol–water partition coefficient (Wildman–Crippen LogP) is 3.64.